The number of hydrogen-bond acceptors (Lipinski definition) is 5. The molecule has 26 heavy (non-hydrogen) atoms. The summed E-state index contributed by atoms with van der Waals surface area (Å²) in [4.78, 5) is 13.8. The third-order valence-electron chi connectivity index (χ3n) is 3.72. The Labute approximate surface area is 151 Å². The number of hydrazone groups is 1. The van der Waals surface area contributed by atoms with Crippen molar-refractivity contribution in [1.29, 1.82) is 0 Å². The number of ether oxygens (including phenoxy) is 1. The lowest BCUT2D eigenvalue weighted by Gasteiger charge is -2.21. The summed E-state index contributed by atoms with van der Waals surface area (Å²) in [5.74, 6) is -0.381. The standard InChI is InChI=1S/C19H22FN3O3/c1-3-23(4-2)16-8-5-14(18(24)11-16)12-21-22-19(25)13-26-17-9-6-15(20)7-10-17/h5-12,24H,3-4,13H2,1-2H3,(H,22,25)/b21-12+. The van der Waals surface area contributed by atoms with Crippen LogP contribution in [0.4, 0.5) is 10.1 Å². The summed E-state index contributed by atoms with van der Waals surface area (Å²) in [6, 6.07) is 10.6. The lowest BCUT2D eigenvalue weighted by Crippen LogP contribution is -2.24. The zero-order valence-electron chi connectivity index (χ0n) is 14.8. The molecule has 2 aromatic rings. The molecule has 6 nitrogen and oxygen atoms in total. The summed E-state index contributed by atoms with van der Waals surface area (Å²) in [6.45, 7) is 5.51. The van der Waals surface area contributed by atoms with Gasteiger partial charge in [-0.05, 0) is 50.2 Å². The molecule has 0 unspecified atom stereocenters. The van der Waals surface area contributed by atoms with E-state index in [-0.39, 0.29) is 18.2 Å². The van der Waals surface area contributed by atoms with E-state index in [1.165, 1.54) is 30.5 Å². The summed E-state index contributed by atoms with van der Waals surface area (Å²) in [7, 11) is 0. The summed E-state index contributed by atoms with van der Waals surface area (Å²) >= 11 is 0. The second-order valence-corrected chi connectivity index (χ2v) is 5.45. The molecule has 2 rings (SSSR count). The smallest absolute Gasteiger partial charge is 0.277 e. The quantitative estimate of drug-likeness (QED) is 0.561. The number of nitrogens with one attached hydrogen (secondary N) is 1. The van der Waals surface area contributed by atoms with E-state index in [0.29, 0.717) is 11.3 Å². The SMILES string of the molecule is CCN(CC)c1ccc(/C=N/NC(=O)COc2ccc(F)cc2)c(O)c1. The normalized spacial score (nSPS) is 10.7. The minimum atomic E-state index is -0.468. The highest BCUT2D eigenvalue weighted by Crippen LogP contribution is 2.23. The van der Waals surface area contributed by atoms with E-state index in [1.54, 1.807) is 12.1 Å². The van der Waals surface area contributed by atoms with E-state index in [0.717, 1.165) is 18.8 Å². The van der Waals surface area contributed by atoms with Gasteiger partial charge in [0.25, 0.3) is 5.91 Å². The zero-order chi connectivity index (χ0) is 18.9. The average Bonchev–Trinajstić information content (AvgIpc) is 2.64. The molecule has 2 aromatic carbocycles. The van der Waals surface area contributed by atoms with Crippen molar-refractivity contribution in [1.82, 2.24) is 5.43 Å². The fourth-order valence-corrected chi connectivity index (χ4v) is 2.31. The molecule has 0 atom stereocenters. The lowest BCUT2D eigenvalue weighted by molar-refractivity contribution is -0.123. The van der Waals surface area contributed by atoms with Gasteiger partial charge in [0, 0.05) is 30.4 Å². The van der Waals surface area contributed by atoms with E-state index >= 15 is 0 Å². The number of halogens is 1. The van der Waals surface area contributed by atoms with Crippen LogP contribution in [0.5, 0.6) is 11.5 Å². The Hall–Kier alpha value is -3.09. The second kappa shape index (κ2) is 9.41. The number of carbonyl (C=O) groups is 1. The van der Waals surface area contributed by atoms with Crippen LogP contribution in [0, 0.1) is 5.82 Å². The maximum absolute atomic E-state index is 12.8. The maximum Gasteiger partial charge on any atom is 0.277 e. The number of nitrogens with zero attached hydrogens (tertiary/aromatic N) is 2. The number of phenolic OH excluding ortho intramolecular Hbond substituents is 1. The largest absolute Gasteiger partial charge is 0.507 e. The first kappa shape index (κ1) is 19.2. The van der Waals surface area contributed by atoms with Crippen molar-refractivity contribution in [2.75, 3.05) is 24.6 Å². The van der Waals surface area contributed by atoms with Crippen molar-refractivity contribution in [2.45, 2.75) is 13.8 Å². The topological polar surface area (TPSA) is 74.2 Å². The molecule has 2 N–H and O–H groups in total. The van der Waals surface area contributed by atoms with E-state index < -0.39 is 5.91 Å². The van der Waals surface area contributed by atoms with Gasteiger partial charge in [0.2, 0.25) is 0 Å². The summed E-state index contributed by atoms with van der Waals surface area (Å²) in [5, 5.41) is 13.9. The molecule has 0 radical (unpaired) electrons. The first-order valence-electron chi connectivity index (χ1n) is 8.31. The van der Waals surface area contributed by atoms with Gasteiger partial charge < -0.3 is 14.7 Å². The predicted molar refractivity (Wildman–Crippen MR) is 99.3 cm³/mol. The van der Waals surface area contributed by atoms with Crippen molar-refractivity contribution in [3.05, 3.63) is 53.8 Å². The summed E-state index contributed by atoms with van der Waals surface area (Å²) in [6.07, 6.45) is 1.36. The van der Waals surface area contributed by atoms with Gasteiger partial charge in [0.05, 0.1) is 6.21 Å². The van der Waals surface area contributed by atoms with Crippen molar-refractivity contribution in [2.24, 2.45) is 5.10 Å². The molecule has 0 saturated carbocycles. The van der Waals surface area contributed by atoms with Gasteiger partial charge in [-0.15, -0.1) is 0 Å². The van der Waals surface area contributed by atoms with E-state index in [1.807, 2.05) is 19.9 Å². The summed E-state index contributed by atoms with van der Waals surface area (Å²) < 4.78 is 18.0. The molecular formula is C19H22FN3O3. The van der Waals surface area contributed by atoms with Crippen molar-refractivity contribution >= 4 is 17.8 Å². The van der Waals surface area contributed by atoms with Gasteiger partial charge in [0.15, 0.2) is 6.61 Å². The highest BCUT2D eigenvalue weighted by Gasteiger charge is 2.06. The van der Waals surface area contributed by atoms with E-state index in [2.05, 4.69) is 15.4 Å². The Kier molecular flexibility index (Phi) is 6.96. The molecule has 0 saturated heterocycles. The monoisotopic (exact) mass is 359 g/mol. The Bertz CT molecular complexity index is 759. The molecule has 0 heterocycles. The summed E-state index contributed by atoms with van der Waals surface area (Å²) in [5.41, 5.74) is 3.71. The number of aromatic hydroxyl groups is 1. The number of rotatable bonds is 8. The number of amides is 1. The van der Waals surface area contributed by atoms with Crippen LogP contribution < -0.4 is 15.1 Å². The Morgan fingerprint density at radius 3 is 2.54 bits per heavy atom. The molecule has 0 aromatic heterocycles. The first-order valence-corrected chi connectivity index (χ1v) is 8.31. The van der Waals surface area contributed by atoms with Gasteiger partial charge in [-0.2, -0.15) is 5.10 Å². The number of carbonyl (C=O) groups excluding carboxylic acids is 1. The zero-order valence-corrected chi connectivity index (χ0v) is 14.8. The van der Waals surface area contributed by atoms with Gasteiger partial charge in [0.1, 0.15) is 17.3 Å². The van der Waals surface area contributed by atoms with Crippen LogP contribution in [0.2, 0.25) is 0 Å². The lowest BCUT2D eigenvalue weighted by atomic mass is 10.2. The molecule has 0 spiro atoms. The van der Waals surface area contributed by atoms with Crippen LogP contribution in [0.1, 0.15) is 19.4 Å². The first-order chi connectivity index (χ1) is 12.5. The third-order valence-corrected chi connectivity index (χ3v) is 3.72. The van der Waals surface area contributed by atoms with Crippen LogP contribution in [0.3, 0.4) is 0 Å². The van der Waals surface area contributed by atoms with Gasteiger partial charge >= 0.3 is 0 Å². The predicted octanol–water partition coefficient (Wildman–Crippen LogP) is 2.91. The highest BCUT2D eigenvalue weighted by atomic mass is 19.1. The third kappa shape index (κ3) is 5.47. The van der Waals surface area contributed by atoms with Gasteiger partial charge in [-0.25, -0.2) is 9.82 Å². The number of hydrogen-bond donors (Lipinski definition) is 2. The molecule has 0 fully saturated rings. The van der Waals surface area contributed by atoms with Crippen LogP contribution in [-0.2, 0) is 4.79 Å². The fourth-order valence-electron chi connectivity index (χ4n) is 2.31. The van der Waals surface area contributed by atoms with E-state index in [9.17, 15) is 14.3 Å². The Balaban J connectivity index is 1.87. The fraction of sp³-hybridized carbons (Fsp3) is 0.263. The molecule has 0 aliphatic carbocycles. The maximum atomic E-state index is 12.8. The minimum absolute atomic E-state index is 0.0787. The Morgan fingerprint density at radius 2 is 1.92 bits per heavy atom. The second-order valence-electron chi connectivity index (χ2n) is 5.45. The van der Waals surface area contributed by atoms with Gasteiger partial charge in [-0.1, -0.05) is 0 Å². The molecule has 0 bridgehead atoms. The van der Waals surface area contributed by atoms with Gasteiger partial charge in [-0.3, -0.25) is 4.79 Å². The molecular weight excluding hydrogens is 337 g/mol. The Morgan fingerprint density at radius 1 is 1.23 bits per heavy atom. The number of phenols is 1. The van der Waals surface area contributed by atoms with Crippen LogP contribution in [0.15, 0.2) is 47.6 Å². The molecule has 7 heteroatoms. The van der Waals surface area contributed by atoms with Crippen LogP contribution >= 0.6 is 0 Å². The minimum Gasteiger partial charge on any atom is -0.507 e. The number of anilines is 1. The van der Waals surface area contributed by atoms with Crippen molar-refractivity contribution in [3.63, 3.8) is 0 Å². The molecule has 1 amide bonds. The molecule has 0 aliphatic heterocycles. The van der Waals surface area contributed by atoms with Crippen LogP contribution in [-0.4, -0.2) is 36.9 Å². The van der Waals surface area contributed by atoms with E-state index in [4.69, 9.17) is 4.74 Å². The van der Waals surface area contributed by atoms with Crippen molar-refractivity contribution < 1.29 is 19.0 Å². The molecule has 138 valence electrons. The average molecular weight is 359 g/mol. The number of benzene rings is 2. The highest BCUT2D eigenvalue weighted by molar-refractivity contribution is 5.86. The molecule has 0 aliphatic rings. The van der Waals surface area contributed by atoms with Crippen LogP contribution in [0.25, 0.3) is 0 Å². The van der Waals surface area contributed by atoms with Crippen molar-refractivity contribution in [3.8, 4) is 11.5 Å².